The Hall–Kier alpha value is -6.86. The molecule has 0 spiro atoms. The molecule has 8 rings (SSSR count). The molecule has 8 atom stereocenters. The predicted molar refractivity (Wildman–Crippen MR) is 311 cm³/mol. The van der Waals surface area contributed by atoms with Gasteiger partial charge in [-0.2, -0.15) is 0 Å². The molecular weight excluding hydrogens is 1060 g/mol. The standard InChI is InChI=1S/C60H76N10O8.2ClH/c1-33(61-9)53(73)67-51(59(3,4)5)57(77)69-31-35(29-45(69)55(75)65-49-41-23-15-11-19-37(41)38-20-12-16-24-42(38)49)63-47(71)27-28-48(72)64-36-30-46(70(32-36)58(78)52(60(6,7)8)68-54(74)34(2)62-10)56(76)66-50-43-25-17-13-21-39(43)40-22-14-18-26-44(40)50;;/h11-26,33-36,45-46,49-52,61-62H,27-32H2,1-10H3,(H,63,71)(H,64,72)(H,65,75)(H,66,76)(H,67,73)(H,68,74);2*1H/t33-,34-,35-,36?,45-,46-,51+,52+;;/m0../s1. The number of nitrogens with one attached hydrogen (secondary N) is 8. The first-order chi connectivity index (χ1) is 37.0. The number of amides is 8. The average molecular weight is 1140 g/mol. The zero-order chi connectivity index (χ0) is 56.4. The quantitative estimate of drug-likeness (QED) is 0.0717. The third kappa shape index (κ3) is 13.3. The molecule has 4 aromatic rings. The highest BCUT2D eigenvalue weighted by atomic mass is 35.5. The molecule has 4 aliphatic rings. The van der Waals surface area contributed by atoms with Crippen LogP contribution in [-0.4, -0.2) is 133 Å². The molecule has 0 saturated carbocycles. The maximum Gasteiger partial charge on any atom is 0.246 e. The van der Waals surface area contributed by atoms with E-state index in [1.54, 1.807) is 27.9 Å². The molecule has 2 aliphatic heterocycles. The van der Waals surface area contributed by atoms with E-state index in [4.69, 9.17) is 0 Å². The molecule has 0 radical (unpaired) electrons. The Bertz CT molecular complexity index is 2690. The Morgan fingerprint density at radius 3 is 1.04 bits per heavy atom. The lowest BCUT2D eigenvalue weighted by atomic mass is 9.85. The number of likely N-dealkylation sites (N-methyl/N-ethyl adjacent to an activating group) is 2. The molecule has 80 heavy (non-hydrogen) atoms. The maximum absolute atomic E-state index is 14.8. The smallest absolute Gasteiger partial charge is 0.246 e. The summed E-state index contributed by atoms with van der Waals surface area (Å²) in [5.74, 6) is -3.52. The van der Waals surface area contributed by atoms with Crippen molar-refractivity contribution >= 4 is 72.1 Å². The van der Waals surface area contributed by atoms with Gasteiger partial charge in [0, 0.05) is 38.0 Å². The fourth-order valence-corrected chi connectivity index (χ4v) is 11.2. The lowest BCUT2D eigenvalue weighted by Gasteiger charge is -2.36. The minimum atomic E-state index is -1.02. The molecule has 8 N–H and O–H groups in total. The summed E-state index contributed by atoms with van der Waals surface area (Å²) in [5, 5.41) is 24.0. The summed E-state index contributed by atoms with van der Waals surface area (Å²) in [6, 6.07) is 23.7. The molecule has 2 fully saturated rings. The second kappa shape index (κ2) is 25.7. The van der Waals surface area contributed by atoms with Gasteiger partial charge in [0.25, 0.3) is 0 Å². The van der Waals surface area contributed by atoms with Crippen molar-refractivity contribution in [3.05, 3.63) is 119 Å². The SMILES string of the molecule is CN[C@@H](C)C(=O)N[C@H](C(=O)N1CC(NC(=O)CCC(=O)N[C@H]2C[C@@H](C(=O)NC3c4ccccc4-c4ccccc43)N(C(=O)[C@@H](NC(=O)[C@H](C)NC)C(C)(C)C)C2)C[C@H]1C(=O)NC1c2ccccc2-c2ccccc21)C(C)(C)C.Cl.Cl. The number of nitrogens with zero attached hydrogens (tertiary/aromatic N) is 2. The van der Waals surface area contributed by atoms with E-state index < -0.39 is 107 Å². The lowest BCUT2D eigenvalue weighted by molar-refractivity contribution is -0.144. The summed E-state index contributed by atoms with van der Waals surface area (Å²) in [4.78, 5) is 116. The first-order valence-electron chi connectivity index (χ1n) is 27.1. The molecule has 18 nitrogen and oxygen atoms in total. The van der Waals surface area contributed by atoms with Crippen LogP contribution in [0.15, 0.2) is 97.1 Å². The highest BCUT2D eigenvalue weighted by Gasteiger charge is 2.48. The second-order valence-corrected chi connectivity index (χ2v) is 23.4. The van der Waals surface area contributed by atoms with E-state index >= 15 is 0 Å². The van der Waals surface area contributed by atoms with Gasteiger partial charge in [0.15, 0.2) is 0 Å². The monoisotopic (exact) mass is 1140 g/mol. The summed E-state index contributed by atoms with van der Waals surface area (Å²) in [5.41, 5.74) is 6.13. The van der Waals surface area contributed by atoms with Gasteiger partial charge in [0.1, 0.15) is 24.2 Å². The molecule has 4 aromatic carbocycles. The Morgan fingerprint density at radius 1 is 0.475 bits per heavy atom. The van der Waals surface area contributed by atoms with Crippen LogP contribution in [0, 0.1) is 10.8 Å². The van der Waals surface area contributed by atoms with Crippen molar-refractivity contribution in [2.75, 3.05) is 27.2 Å². The van der Waals surface area contributed by atoms with E-state index in [9.17, 15) is 38.4 Å². The number of carbonyl (C=O) groups excluding carboxylic acids is 8. The van der Waals surface area contributed by atoms with Gasteiger partial charge in [0.05, 0.1) is 24.2 Å². The van der Waals surface area contributed by atoms with Crippen molar-refractivity contribution in [1.82, 2.24) is 52.3 Å². The minimum absolute atomic E-state index is 0. The van der Waals surface area contributed by atoms with Crippen LogP contribution in [0.3, 0.4) is 0 Å². The summed E-state index contributed by atoms with van der Waals surface area (Å²) >= 11 is 0. The van der Waals surface area contributed by atoms with Crippen LogP contribution in [0.1, 0.15) is 115 Å². The fraction of sp³-hybridized carbons (Fsp3) is 0.467. The predicted octanol–water partition coefficient (Wildman–Crippen LogP) is 4.83. The summed E-state index contributed by atoms with van der Waals surface area (Å²) in [6.07, 6.45) is -0.346. The van der Waals surface area contributed by atoms with Crippen LogP contribution in [0.5, 0.6) is 0 Å². The van der Waals surface area contributed by atoms with Crippen molar-refractivity contribution in [1.29, 1.82) is 0 Å². The van der Waals surface area contributed by atoms with Gasteiger partial charge in [-0.05, 0) is 96.1 Å². The number of benzene rings is 4. The van der Waals surface area contributed by atoms with Gasteiger partial charge >= 0.3 is 0 Å². The van der Waals surface area contributed by atoms with E-state index in [0.29, 0.717) is 0 Å². The van der Waals surface area contributed by atoms with E-state index in [2.05, 4.69) is 42.5 Å². The number of rotatable bonds is 17. The van der Waals surface area contributed by atoms with Crippen LogP contribution in [0.25, 0.3) is 22.3 Å². The highest BCUT2D eigenvalue weighted by Crippen LogP contribution is 2.45. The van der Waals surface area contributed by atoms with Gasteiger partial charge in [-0.15, -0.1) is 24.8 Å². The summed E-state index contributed by atoms with van der Waals surface area (Å²) in [6.45, 7) is 14.3. The minimum Gasteiger partial charge on any atom is -0.351 e. The van der Waals surface area contributed by atoms with Crippen LogP contribution >= 0.6 is 24.8 Å². The first kappa shape index (κ1) is 62.3. The van der Waals surface area contributed by atoms with Crippen molar-refractivity contribution in [3.63, 3.8) is 0 Å². The number of fused-ring (bicyclic) bond motifs is 6. The second-order valence-electron chi connectivity index (χ2n) is 23.4. The number of likely N-dealkylation sites (tertiary alicyclic amines) is 2. The van der Waals surface area contributed by atoms with E-state index in [0.717, 1.165) is 44.5 Å². The van der Waals surface area contributed by atoms with Crippen LogP contribution < -0.4 is 42.5 Å². The van der Waals surface area contributed by atoms with Crippen molar-refractivity contribution < 1.29 is 38.4 Å². The van der Waals surface area contributed by atoms with Crippen molar-refractivity contribution in [3.8, 4) is 22.3 Å². The fourth-order valence-electron chi connectivity index (χ4n) is 11.2. The van der Waals surface area contributed by atoms with E-state index in [1.807, 2.05) is 139 Å². The van der Waals surface area contributed by atoms with E-state index in [-0.39, 0.29) is 75.4 Å². The molecule has 2 saturated heterocycles. The maximum atomic E-state index is 14.8. The number of hydrogen-bond acceptors (Lipinski definition) is 10. The normalized spacial score (nSPS) is 19.7. The molecular formula is C60H78Cl2N10O8. The summed E-state index contributed by atoms with van der Waals surface area (Å²) < 4.78 is 0. The topological polar surface area (TPSA) is 239 Å². The first-order valence-corrected chi connectivity index (χ1v) is 27.1. The average Bonchev–Trinajstić information content (AvgIpc) is 4.29. The van der Waals surface area contributed by atoms with Crippen molar-refractivity contribution in [2.24, 2.45) is 10.8 Å². The molecule has 20 heteroatoms. The Balaban J connectivity index is 0.00000516. The molecule has 8 amide bonds. The molecule has 1 unspecified atom stereocenters. The molecule has 0 bridgehead atoms. The highest BCUT2D eigenvalue weighted by molar-refractivity contribution is 5.97. The lowest BCUT2D eigenvalue weighted by Crippen LogP contribution is -2.59. The van der Waals surface area contributed by atoms with Gasteiger partial charge in [-0.3, -0.25) is 38.4 Å². The Morgan fingerprint density at radius 2 is 0.762 bits per heavy atom. The van der Waals surface area contributed by atoms with Crippen LogP contribution in [0.2, 0.25) is 0 Å². The van der Waals surface area contributed by atoms with Gasteiger partial charge < -0.3 is 52.3 Å². The van der Waals surface area contributed by atoms with Gasteiger partial charge in [-0.1, -0.05) is 139 Å². The number of carbonyl (C=O) groups is 8. The largest absolute Gasteiger partial charge is 0.351 e. The van der Waals surface area contributed by atoms with Crippen molar-refractivity contribution in [2.45, 2.75) is 141 Å². The zero-order valence-corrected chi connectivity index (χ0v) is 48.9. The third-order valence-corrected chi connectivity index (χ3v) is 15.8. The van der Waals surface area contributed by atoms with Gasteiger partial charge in [-0.25, -0.2) is 0 Å². The van der Waals surface area contributed by atoms with E-state index in [1.165, 1.54) is 9.80 Å². The van der Waals surface area contributed by atoms with Crippen LogP contribution in [0.4, 0.5) is 0 Å². The number of halogens is 2. The molecule has 430 valence electrons. The number of hydrogen-bond donors (Lipinski definition) is 8. The Labute approximate surface area is 481 Å². The zero-order valence-electron chi connectivity index (χ0n) is 47.2. The van der Waals surface area contributed by atoms with Gasteiger partial charge in [0.2, 0.25) is 47.3 Å². The molecule has 2 heterocycles. The molecule has 0 aromatic heterocycles. The third-order valence-electron chi connectivity index (χ3n) is 15.8. The molecule has 2 aliphatic carbocycles. The summed E-state index contributed by atoms with van der Waals surface area (Å²) in [7, 11) is 3.29. The van der Waals surface area contributed by atoms with Crippen LogP contribution in [-0.2, 0) is 38.4 Å². The Kier molecular flexibility index (Phi) is 20.0.